The van der Waals surface area contributed by atoms with E-state index in [1.54, 1.807) is 49.4 Å². The second kappa shape index (κ2) is 5.14. The number of benzene rings is 2. The predicted octanol–water partition coefficient (Wildman–Crippen LogP) is 2.47. The number of aliphatic hydroxyl groups is 1. The maximum absolute atomic E-state index is 12.6. The molecule has 1 N–H and O–H groups in total. The first-order chi connectivity index (χ1) is 10.1. The standard InChI is InChI=1S/C17H15NO3/c1-11(19)13-7-4-5-9-15(13)18-16(20)10-12-6-2-3-8-14(12)17(18)21/h2-9,11,19H,10H2,1H3. The fourth-order valence-corrected chi connectivity index (χ4v) is 2.65. The molecule has 0 bridgehead atoms. The Labute approximate surface area is 122 Å². The number of fused-ring (bicyclic) bond motifs is 1. The van der Waals surface area contributed by atoms with Gasteiger partial charge in [-0.1, -0.05) is 36.4 Å². The van der Waals surface area contributed by atoms with Crippen LogP contribution < -0.4 is 4.90 Å². The van der Waals surface area contributed by atoms with Gasteiger partial charge in [0.15, 0.2) is 0 Å². The van der Waals surface area contributed by atoms with Crippen LogP contribution in [0.3, 0.4) is 0 Å². The van der Waals surface area contributed by atoms with Crippen molar-refractivity contribution in [2.24, 2.45) is 0 Å². The Morgan fingerprint density at radius 2 is 1.71 bits per heavy atom. The van der Waals surface area contributed by atoms with Crippen molar-refractivity contribution in [1.82, 2.24) is 0 Å². The van der Waals surface area contributed by atoms with Crippen LogP contribution in [0.25, 0.3) is 0 Å². The lowest BCUT2D eigenvalue weighted by Crippen LogP contribution is -2.43. The number of anilines is 1. The number of rotatable bonds is 2. The molecule has 0 radical (unpaired) electrons. The Hall–Kier alpha value is -2.46. The molecule has 0 saturated carbocycles. The van der Waals surface area contributed by atoms with Crippen LogP contribution in [0.4, 0.5) is 5.69 Å². The number of para-hydroxylation sites is 1. The van der Waals surface area contributed by atoms with Gasteiger partial charge in [0.2, 0.25) is 5.91 Å². The molecule has 21 heavy (non-hydrogen) atoms. The number of hydrogen-bond acceptors (Lipinski definition) is 3. The third kappa shape index (κ3) is 2.23. The highest BCUT2D eigenvalue weighted by Crippen LogP contribution is 2.31. The van der Waals surface area contributed by atoms with Crippen LogP contribution >= 0.6 is 0 Å². The molecule has 106 valence electrons. The molecule has 4 nitrogen and oxygen atoms in total. The smallest absolute Gasteiger partial charge is 0.265 e. The monoisotopic (exact) mass is 281 g/mol. The highest BCUT2D eigenvalue weighted by molar-refractivity contribution is 6.25. The van der Waals surface area contributed by atoms with Crippen molar-refractivity contribution in [3.8, 4) is 0 Å². The molecule has 0 aromatic heterocycles. The molecular formula is C17H15NO3. The third-order valence-corrected chi connectivity index (χ3v) is 3.67. The average molecular weight is 281 g/mol. The molecule has 1 heterocycles. The summed E-state index contributed by atoms with van der Waals surface area (Å²) in [5.41, 5.74) is 2.31. The summed E-state index contributed by atoms with van der Waals surface area (Å²) in [5, 5.41) is 9.85. The van der Waals surface area contributed by atoms with Crippen molar-refractivity contribution in [2.45, 2.75) is 19.4 Å². The van der Waals surface area contributed by atoms with Gasteiger partial charge < -0.3 is 5.11 Å². The van der Waals surface area contributed by atoms with Crippen molar-refractivity contribution in [1.29, 1.82) is 0 Å². The summed E-state index contributed by atoms with van der Waals surface area (Å²) in [7, 11) is 0. The third-order valence-electron chi connectivity index (χ3n) is 3.67. The molecule has 0 aliphatic carbocycles. The first-order valence-corrected chi connectivity index (χ1v) is 6.82. The lowest BCUT2D eigenvalue weighted by atomic mass is 9.96. The molecule has 2 amide bonds. The summed E-state index contributed by atoms with van der Waals surface area (Å²) in [6, 6.07) is 14.1. The van der Waals surface area contributed by atoms with Crippen LogP contribution in [0.1, 0.15) is 34.5 Å². The van der Waals surface area contributed by atoms with E-state index in [9.17, 15) is 14.7 Å². The maximum Gasteiger partial charge on any atom is 0.265 e. The number of nitrogens with zero attached hydrogens (tertiary/aromatic N) is 1. The molecule has 0 saturated heterocycles. The van der Waals surface area contributed by atoms with Gasteiger partial charge in [0.25, 0.3) is 5.91 Å². The van der Waals surface area contributed by atoms with E-state index in [2.05, 4.69) is 0 Å². The number of imide groups is 1. The van der Waals surface area contributed by atoms with Gasteiger partial charge in [0.05, 0.1) is 18.2 Å². The minimum absolute atomic E-state index is 0.191. The summed E-state index contributed by atoms with van der Waals surface area (Å²) in [5.74, 6) is -0.609. The van der Waals surface area contributed by atoms with Crippen LogP contribution in [-0.4, -0.2) is 16.9 Å². The van der Waals surface area contributed by atoms with Gasteiger partial charge in [-0.15, -0.1) is 0 Å². The first-order valence-electron chi connectivity index (χ1n) is 6.82. The number of carbonyl (C=O) groups is 2. The van der Waals surface area contributed by atoms with E-state index in [1.807, 2.05) is 6.07 Å². The molecule has 2 aromatic rings. The van der Waals surface area contributed by atoms with Gasteiger partial charge in [-0.25, -0.2) is 4.90 Å². The average Bonchev–Trinajstić information content (AvgIpc) is 2.47. The molecule has 0 fully saturated rings. The van der Waals surface area contributed by atoms with Gasteiger partial charge in [0.1, 0.15) is 0 Å². The molecule has 1 aliphatic rings. The summed E-state index contributed by atoms with van der Waals surface area (Å²) in [6.45, 7) is 1.62. The van der Waals surface area contributed by atoms with Crippen molar-refractivity contribution in [2.75, 3.05) is 4.90 Å². The SMILES string of the molecule is CC(O)c1ccccc1N1C(=O)Cc2ccccc2C1=O. The van der Waals surface area contributed by atoms with Gasteiger partial charge in [-0.2, -0.15) is 0 Å². The van der Waals surface area contributed by atoms with E-state index < -0.39 is 6.10 Å². The molecule has 1 aliphatic heterocycles. The van der Waals surface area contributed by atoms with Crippen LogP contribution in [0.2, 0.25) is 0 Å². The lowest BCUT2D eigenvalue weighted by molar-refractivity contribution is -0.117. The summed E-state index contributed by atoms with van der Waals surface area (Å²) < 4.78 is 0. The Morgan fingerprint density at radius 1 is 1.05 bits per heavy atom. The normalized spacial score (nSPS) is 15.8. The zero-order chi connectivity index (χ0) is 15.0. The minimum Gasteiger partial charge on any atom is -0.389 e. The minimum atomic E-state index is -0.751. The Bertz CT molecular complexity index is 721. The van der Waals surface area contributed by atoms with E-state index in [1.165, 1.54) is 4.90 Å². The topological polar surface area (TPSA) is 57.6 Å². The highest BCUT2D eigenvalue weighted by Gasteiger charge is 2.33. The highest BCUT2D eigenvalue weighted by atomic mass is 16.3. The van der Waals surface area contributed by atoms with Crippen LogP contribution in [0.5, 0.6) is 0 Å². The van der Waals surface area contributed by atoms with E-state index >= 15 is 0 Å². The van der Waals surface area contributed by atoms with E-state index in [0.717, 1.165) is 5.56 Å². The van der Waals surface area contributed by atoms with Crippen molar-refractivity contribution >= 4 is 17.5 Å². The molecular weight excluding hydrogens is 266 g/mol. The van der Waals surface area contributed by atoms with E-state index in [-0.39, 0.29) is 18.2 Å². The zero-order valence-electron chi connectivity index (χ0n) is 11.6. The second-order valence-electron chi connectivity index (χ2n) is 5.10. The van der Waals surface area contributed by atoms with E-state index in [0.29, 0.717) is 16.8 Å². The number of amides is 2. The van der Waals surface area contributed by atoms with Crippen molar-refractivity contribution < 1.29 is 14.7 Å². The van der Waals surface area contributed by atoms with Crippen LogP contribution in [0.15, 0.2) is 48.5 Å². The summed E-state index contributed by atoms with van der Waals surface area (Å²) >= 11 is 0. The van der Waals surface area contributed by atoms with Crippen LogP contribution in [0, 0.1) is 0 Å². The molecule has 4 heteroatoms. The largest absolute Gasteiger partial charge is 0.389 e. The summed E-state index contributed by atoms with van der Waals surface area (Å²) in [4.78, 5) is 26.2. The second-order valence-corrected chi connectivity index (χ2v) is 5.10. The Morgan fingerprint density at radius 3 is 2.48 bits per heavy atom. The summed E-state index contributed by atoms with van der Waals surface area (Å²) in [6.07, 6.45) is -0.560. The molecule has 1 unspecified atom stereocenters. The van der Waals surface area contributed by atoms with Crippen LogP contribution in [-0.2, 0) is 11.2 Å². The van der Waals surface area contributed by atoms with Gasteiger partial charge in [-0.05, 0) is 24.6 Å². The molecule has 1 atom stereocenters. The zero-order valence-corrected chi connectivity index (χ0v) is 11.6. The number of carbonyl (C=O) groups excluding carboxylic acids is 2. The first kappa shape index (κ1) is 13.5. The number of aliphatic hydroxyl groups excluding tert-OH is 1. The predicted molar refractivity (Wildman–Crippen MR) is 79.0 cm³/mol. The van der Waals surface area contributed by atoms with Gasteiger partial charge >= 0.3 is 0 Å². The van der Waals surface area contributed by atoms with Gasteiger partial charge in [-0.3, -0.25) is 9.59 Å². The molecule has 0 spiro atoms. The van der Waals surface area contributed by atoms with Crippen molar-refractivity contribution in [3.05, 3.63) is 65.2 Å². The Balaban J connectivity index is 2.12. The molecule has 3 rings (SSSR count). The van der Waals surface area contributed by atoms with Crippen molar-refractivity contribution in [3.63, 3.8) is 0 Å². The fraction of sp³-hybridized carbons (Fsp3) is 0.176. The Kier molecular flexibility index (Phi) is 3.31. The van der Waals surface area contributed by atoms with Gasteiger partial charge in [0, 0.05) is 11.1 Å². The molecule has 2 aromatic carbocycles. The number of hydrogen-bond donors (Lipinski definition) is 1. The maximum atomic E-state index is 12.6. The lowest BCUT2D eigenvalue weighted by Gasteiger charge is -2.29. The quantitative estimate of drug-likeness (QED) is 0.860. The fourth-order valence-electron chi connectivity index (χ4n) is 2.65. The van der Waals surface area contributed by atoms with E-state index in [4.69, 9.17) is 0 Å².